The van der Waals surface area contributed by atoms with E-state index in [1.165, 1.54) is 17.3 Å². The summed E-state index contributed by atoms with van der Waals surface area (Å²) in [6, 6.07) is 10.2. The van der Waals surface area contributed by atoms with Crippen molar-refractivity contribution in [1.29, 1.82) is 0 Å². The molecule has 25 heavy (non-hydrogen) atoms. The first-order valence-corrected chi connectivity index (χ1v) is 8.60. The van der Waals surface area contributed by atoms with Gasteiger partial charge in [-0.15, -0.1) is 0 Å². The van der Waals surface area contributed by atoms with Crippen LogP contribution in [0.5, 0.6) is 5.75 Å². The van der Waals surface area contributed by atoms with Crippen LogP contribution >= 0.6 is 39.1 Å². The Morgan fingerprint density at radius 3 is 2.84 bits per heavy atom. The Morgan fingerprint density at radius 2 is 2.08 bits per heavy atom. The van der Waals surface area contributed by atoms with E-state index >= 15 is 0 Å². The van der Waals surface area contributed by atoms with E-state index in [1.54, 1.807) is 36.4 Å². The van der Waals surface area contributed by atoms with Crippen molar-refractivity contribution < 1.29 is 9.53 Å². The first-order valence-electron chi connectivity index (χ1n) is 7.05. The number of benzene rings is 2. The van der Waals surface area contributed by atoms with Gasteiger partial charge in [-0.05, 0) is 36.4 Å². The third-order valence-corrected chi connectivity index (χ3v) is 4.19. The summed E-state index contributed by atoms with van der Waals surface area (Å²) in [6.07, 6.45) is 2.93. The Kier molecular flexibility index (Phi) is 5.57. The van der Waals surface area contributed by atoms with Gasteiger partial charge >= 0.3 is 0 Å². The van der Waals surface area contributed by atoms with Crippen LogP contribution < -0.4 is 10.1 Å². The van der Waals surface area contributed by atoms with Crippen molar-refractivity contribution in [3.05, 3.63) is 63.6 Å². The molecule has 0 atom stereocenters. The summed E-state index contributed by atoms with van der Waals surface area (Å²) in [5.74, 6) is 0.0495. The molecule has 0 fully saturated rings. The fourth-order valence-corrected chi connectivity index (χ4v) is 2.74. The summed E-state index contributed by atoms with van der Waals surface area (Å²) in [6.45, 7) is -0.209. The van der Waals surface area contributed by atoms with Crippen LogP contribution in [0.25, 0.3) is 5.69 Å². The predicted octanol–water partition coefficient (Wildman–Crippen LogP) is 4.35. The largest absolute Gasteiger partial charge is 0.482 e. The molecule has 0 unspecified atom stereocenters. The summed E-state index contributed by atoms with van der Waals surface area (Å²) < 4.78 is 7.80. The number of rotatable bonds is 5. The number of nitrogens with zero attached hydrogens (tertiary/aromatic N) is 3. The molecule has 1 amide bonds. The molecule has 1 aromatic heterocycles. The molecule has 6 nitrogen and oxygen atoms in total. The molecule has 0 bridgehead atoms. The van der Waals surface area contributed by atoms with Crippen molar-refractivity contribution in [3.63, 3.8) is 0 Å². The number of halogens is 3. The second kappa shape index (κ2) is 7.86. The molecule has 0 saturated heterocycles. The van der Waals surface area contributed by atoms with Gasteiger partial charge in [0.15, 0.2) is 6.61 Å². The summed E-state index contributed by atoms with van der Waals surface area (Å²) in [5.41, 5.74) is 1.13. The molecule has 1 N–H and O–H groups in total. The molecule has 2 aromatic carbocycles. The quantitative estimate of drug-likeness (QED) is 0.638. The van der Waals surface area contributed by atoms with E-state index in [4.69, 9.17) is 27.9 Å². The summed E-state index contributed by atoms with van der Waals surface area (Å²) >= 11 is 15.4. The number of anilines is 1. The van der Waals surface area contributed by atoms with Gasteiger partial charge in [-0.2, -0.15) is 5.10 Å². The first-order chi connectivity index (χ1) is 12.0. The molecule has 128 valence electrons. The number of amides is 1. The minimum atomic E-state index is -0.361. The van der Waals surface area contributed by atoms with E-state index in [2.05, 4.69) is 31.3 Å². The summed E-state index contributed by atoms with van der Waals surface area (Å²) in [7, 11) is 0. The summed E-state index contributed by atoms with van der Waals surface area (Å²) in [4.78, 5) is 16.1. The molecular weight excluding hydrogens is 431 g/mol. The SMILES string of the molecule is O=C(COc1cc(Br)ccc1Cl)Nc1cc(Cl)ccc1-n1cncn1. The van der Waals surface area contributed by atoms with E-state index in [-0.39, 0.29) is 12.5 Å². The number of ether oxygens (including phenoxy) is 1. The van der Waals surface area contributed by atoms with Gasteiger partial charge in [0.25, 0.3) is 5.91 Å². The molecule has 9 heteroatoms. The average Bonchev–Trinajstić information content (AvgIpc) is 3.10. The maximum Gasteiger partial charge on any atom is 0.262 e. The number of carbonyl (C=O) groups is 1. The van der Waals surface area contributed by atoms with Crippen molar-refractivity contribution in [2.45, 2.75) is 0 Å². The van der Waals surface area contributed by atoms with Crippen LogP contribution in [0.2, 0.25) is 10.0 Å². The predicted molar refractivity (Wildman–Crippen MR) is 99.6 cm³/mol. The highest BCUT2D eigenvalue weighted by Crippen LogP contribution is 2.28. The molecule has 0 spiro atoms. The zero-order valence-corrected chi connectivity index (χ0v) is 15.7. The molecule has 0 saturated carbocycles. The zero-order valence-electron chi connectivity index (χ0n) is 12.6. The van der Waals surface area contributed by atoms with E-state index in [1.807, 2.05) is 0 Å². The maximum atomic E-state index is 12.2. The molecule has 0 radical (unpaired) electrons. The van der Waals surface area contributed by atoms with Gasteiger partial charge in [0.1, 0.15) is 18.4 Å². The zero-order chi connectivity index (χ0) is 17.8. The Labute approximate surface area is 161 Å². The van der Waals surface area contributed by atoms with E-state index in [0.29, 0.717) is 27.2 Å². The highest BCUT2D eigenvalue weighted by atomic mass is 79.9. The first kappa shape index (κ1) is 17.7. The lowest BCUT2D eigenvalue weighted by molar-refractivity contribution is -0.118. The summed E-state index contributed by atoms with van der Waals surface area (Å²) in [5, 5.41) is 7.71. The number of nitrogens with one attached hydrogen (secondary N) is 1. The van der Waals surface area contributed by atoms with Crippen molar-refractivity contribution in [3.8, 4) is 11.4 Å². The van der Waals surface area contributed by atoms with Gasteiger partial charge in [-0.25, -0.2) is 9.67 Å². The van der Waals surface area contributed by atoms with E-state index in [9.17, 15) is 4.79 Å². The maximum absolute atomic E-state index is 12.2. The highest BCUT2D eigenvalue weighted by molar-refractivity contribution is 9.10. The minimum absolute atomic E-state index is 0.209. The lowest BCUT2D eigenvalue weighted by atomic mass is 10.2. The van der Waals surface area contributed by atoms with Gasteiger partial charge in [-0.3, -0.25) is 4.79 Å². The topological polar surface area (TPSA) is 69.0 Å². The van der Waals surface area contributed by atoms with Crippen LogP contribution in [-0.2, 0) is 4.79 Å². The van der Waals surface area contributed by atoms with Crippen LogP contribution in [0, 0.1) is 0 Å². The number of carbonyl (C=O) groups excluding carboxylic acids is 1. The number of hydrogen-bond acceptors (Lipinski definition) is 4. The van der Waals surface area contributed by atoms with E-state index < -0.39 is 0 Å². The minimum Gasteiger partial charge on any atom is -0.482 e. The molecule has 0 aliphatic rings. The average molecular weight is 442 g/mol. The van der Waals surface area contributed by atoms with Crippen LogP contribution in [0.15, 0.2) is 53.5 Å². The van der Waals surface area contributed by atoms with Crippen molar-refractivity contribution in [2.24, 2.45) is 0 Å². The van der Waals surface area contributed by atoms with Gasteiger partial charge in [0, 0.05) is 9.50 Å². The standard InChI is InChI=1S/C16H11BrCl2N4O2/c17-10-1-3-12(19)15(5-10)25-7-16(24)22-13-6-11(18)2-4-14(13)23-9-20-8-21-23/h1-6,8-9H,7H2,(H,22,24). The van der Waals surface area contributed by atoms with Gasteiger partial charge in [0.05, 0.1) is 16.4 Å². The van der Waals surface area contributed by atoms with E-state index in [0.717, 1.165) is 4.47 Å². The fraction of sp³-hybridized carbons (Fsp3) is 0.0625. The van der Waals surface area contributed by atoms with Crippen molar-refractivity contribution in [2.75, 3.05) is 11.9 Å². The fourth-order valence-electron chi connectivity index (χ4n) is 2.06. The molecule has 3 aromatic rings. The third kappa shape index (κ3) is 4.50. The van der Waals surface area contributed by atoms with Crippen LogP contribution in [-0.4, -0.2) is 27.3 Å². The van der Waals surface area contributed by atoms with Gasteiger partial charge < -0.3 is 10.1 Å². The molecule has 1 heterocycles. The number of hydrogen-bond donors (Lipinski definition) is 1. The smallest absolute Gasteiger partial charge is 0.262 e. The lowest BCUT2D eigenvalue weighted by Gasteiger charge is -2.12. The Bertz CT molecular complexity index is 903. The van der Waals surface area contributed by atoms with Crippen molar-refractivity contribution >= 4 is 50.7 Å². The lowest BCUT2D eigenvalue weighted by Crippen LogP contribution is -2.21. The monoisotopic (exact) mass is 440 g/mol. The highest BCUT2D eigenvalue weighted by Gasteiger charge is 2.12. The molecule has 0 aliphatic carbocycles. The van der Waals surface area contributed by atoms with Gasteiger partial charge in [-0.1, -0.05) is 39.1 Å². The van der Waals surface area contributed by atoms with Crippen LogP contribution in [0.4, 0.5) is 5.69 Å². The third-order valence-electron chi connectivity index (χ3n) is 3.15. The molecule has 3 rings (SSSR count). The van der Waals surface area contributed by atoms with Crippen molar-refractivity contribution in [1.82, 2.24) is 14.8 Å². The normalized spacial score (nSPS) is 10.5. The molecule has 0 aliphatic heterocycles. The molecular formula is C16H11BrCl2N4O2. The second-order valence-corrected chi connectivity index (χ2v) is 6.67. The second-order valence-electron chi connectivity index (χ2n) is 4.91. The Hall–Kier alpha value is -2.09. The Balaban J connectivity index is 1.73. The van der Waals surface area contributed by atoms with Crippen LogP contribution in [0.1, 0.15) is 0 Å². The number of aromatic nitrogens is 3. The van der Waals surface area contributed by atoms with Gasteiger partial charge in [0.2, 0.25) is 0 Å². The Morgan fingerprint density at radius 1 is 1.24 bits per heavy atom. The van der Waals surface area contributed by atoms with Crippen LogP contribution in [0.3, 0.4) is 0 Å².